The van der Waals surface area contributed by atoms with Crippen LogP contribution in [0.2, 0.25) is 0 Å². The summed E-state index contributed by atoms with van der Waals surface area (Å²) in [5, 5.41) is 9.57. The molecule has 1 heterocycles. The molecule has 0 aromatic heterocycles. The van der Waals surface area contributed by atoms with E-state index in [1.54, 1.807) is 29.2 Å². The Morgan fingerprint density at radius 3 is 2.83 bits per heavy atom. The molecule has 0 radical (unpaired) electrons. The van der Waals surface area contributed by atoms with Crippen molar-refractivity contribution in [2.45, 2.75) is 19.8 Å². The minimum Gasteiger partial charge on any atom is -0.494 e. The zero-order valence-electron chi connectivity index (χ0n) is 13.6. The maximum absolute atomic E-state index is 12.7. The van der Waals surface area contributed by atoms with Crippen LogP contribution in [0.25, 0.3) is 0 Å². The number of benzene rings is 1. The van der Waals surface area contributed by atoms with Crippen LogP contribution in [0.4, 0.5) is 0 Å². The number of aliphatic carboxylic acids is 1. The van der Waals surface area contributed by atoms with Crippen molar-refractivity contribution in [1.82, 2.24) is 4.90 Å². The molecule has 0 aliphatic carbocycles. The molecular formula is C17H23NO5. The topological polar surface area (TPSA) is 76.1 Å². The number of likely N-dealkylation sites (tertiary alicyclic amines) is 1. The van der Waals surface area contributed by atoms with E-state index in [2.05, 4.69) is 0 Å². The summed E-state index contributed by atoms with van der Waals surface area (Å²) >= 11 is 0. The van der Waals surface area contributed by atoms with E-state index in [1.165, 1.54) is 7.11 Å². The van der Waals surface area contributed by atoms with Gasteiger partial charge in [-0.15, -0.1) is 0 Å². The van der Waals surface area contributed by atoms with E-state index in [9.17, 15) is 14.7 Å². The molecule has 1 aromatic carbocycles. The third kappa shape index (κ3) is 3.82. The minimum atomic E-state index is -1.03. The number of carboxylic acid groups (broad SMARTS) is 1. The van der Waals surface area contributed by atoms with E-state index < -0.39 is 11.4 Å². The molecule has 2 rings (SSSR count). The Morgan fingerprint density at radius 2 is 2.17 bits per heavy atom. The SMILES string of the molecule is CCOc1cccc(C(=O)N2CCCC(COC)(C(=O)O)C2)c1. The summed E-state index contributed by atoms with van der Waals surface area (Å²) in [4.78, 5) is 26.0. The number of carbonyl (C=O) groups excluding carboxylic acids is 1. The average Bonchev–Trinajstić information content (AvgIpc) is 2.55. The standard InChI is InChI=1S/C17H23NO5/c1-3-23-14-7-4-6-13(10-14)15(19)18-9-5-8-17(11-18,12-22-2)16(20)21/h4,6-7,10H,3,5,8-9,11-12H2,1-2H3,(H,20,21). The van der Waals surface area contributed by atoms with Gasteiger partial charge in [-0.2, -0.15) is 0 Å². The van der Waals surface area contributed by atoms with E-state index in [0.29, 0.717) is 37.3 Å². The number of ether oxygens (including phenoxy) is 2. The predicted molar refractivity (Wildman–Crippen MR) is 84.7 cm³/mol. The number of hydrogen-bond donors (Lipinski definition) is 1. The Balaban J connectivity index is 2.18. The fourth-order valence-corrected chi connectivity index (χ4v) is 3.00. The van der Waals surface area contributed by atoms with Crippen molar-refractivity contribution >= 4 is 11.9 Å². The lowest BCUT2D eigenvalue weighted by Crippen LogP contribution is -2.52. The van der Waals surface area contributed by atoms with Gasteiger partial charge in [0.05, 0.1) is 13.2 Å². The zero-order valence-corrected chi connectivity index (χ0v) is 13.6. The lowest BCUT2D eigenvalue weighted by atomic mass is 9.80. The molecule has 1 aliphatic heterocycles. The van der Waals surface area contributed by atoms with Crippen LogP contribution >= 0.6 is 0 Å². The summed E-state index contributed by atoms with van der Waals surface area (Å²) in [7, 11) is 1.48. The van der Waals surface area contributed by atoms with E-state index in [0.717, 1.165) is 0 Å². The van der Waals surface area contributed by atoms with Crippen LogP contribution in [-0.2, 0) is 9.53 Å². The molecule has 0 spiro atoms. The summed E-state index contributed by atoms with van der Waals surface area (Å²) in [6, 6.07) is 6.97. The average molecular weight is 321 g/mol. The second kappa shape index (κ2) is 7.46. The monoisotopic (exact) mass is 321 g/mol. The first-order chi connectivity index (χ1) is 11.0. The Kier molecular flexibility index (Phi) is 5.60. The summed E-state index contributed by atoms with van der Waals surface area (Å²) in [5.74, 6) is -0.454. The number of carboxylic acids is 1. The quantitative estimate of drug-likeness (QED) is 0.867. The predicted octanol–water partition coefficient (Wildman–Crippen LogP) is 2.04. The number of piperidine rings is 1. The van der Waals surface area contributed by atoms with Gasteiger partial charge < -0.3 is 19.5 Å². The van der Waals surface area contributed by atoms with Gasteiger partial charge in [0.25, 0.3) is 5.91 Å². The van der Waals surface area contributed by atoms with Crippen LogP contribution in [0.3, 0.4) is 0 Å². The van der Waals surface area contributed by atoms with Crippen LogP contribution in [0.5, 0.6) is 5.75 Å². The van der Waals surface area contributed by atoms with Crippen molar-refractivity contribution in [3.63, 3.8) is 0 Å². The number of nitrogens with zero attached hydrogens (tertiary/aromatic N) is 1. The molecule has 6 heteroatoms. The van der Waals surface area contributed by atoms with Crippen LogP contribution in [0.1, 0.15) is 30.1 Å². The number of rotatable bonds is 6. The molecule has 0 bridgehead atoms. The first-order valence-corrected chi connectivity index (χ1v) is 7.77. The highest BCUT2D eigenvalue weighted by Crippen LogP contribution is 2.31. The lowest BCUT2D eigenvalue weighted by molar-refractivity contribution is -0.155. The molecule has 126 valence electrons. The molecular weight excluding hydrogens is 298 g/mol. The molecule has 1 atom stereocenters. The van der Waals surface area contributed by atoms with Crippen molar-refractivity contribution in [2.24, 2.45) is 5.41 Å². The molecule has 1 fully saturated rings. The Morgan fingerprint density at radius 1 is 1.39 bits per heavy atom. The second-order valence-electron chi connectivity index (χ2n) is 5.81. The van der Waals surface area contributed by atoms with Gasteiger partial charge in [0.2, 0.25) is 0 Å². The fraction of sp³-hybridized carbons (Fsp3) is 0.529. The van der Waals surface area contributed by atoms with Gasteiger partial charge in [-0.05, 0) is 38.0 Å². The van der Waals surface area contributed by atoms with Crippen molar-refractivity contribution in [3.05, 3.63) is 29.8 Å². The molecule has 23 heavy (non-hydrogen) atoms. The normalized spacial score (nSPS) is 21.0. The van der Waals surface area contributed by atoms with Gasteiger partial charge in [0.1, 0.15) is 11.2 Å². The van der Waals surface area contributed by atoms with Crippen LogP contribution < -0.4 is 4.74 Å². The highest BCUT2D eigenvalue weighted by molar-refractivity contribution is 5.95. The maximum Gasteiger partial charge on any atom is 0.313 e. The zero-order chi connectivity index (χ0) is 16.9. The van der Waals surface area contributed by atoms with E-state index in [4.69, 9.17) is 9.47 Å². The smallest absolute Gasteiger partial charge is 0.313 e. The number of amides is 1. The molecule has 1 unspecified atom stereocenters. The first kappa shape index (κ1) is 17.3. The number of methoxy groups -OCH3 is 1. The van der Waals surface area contributed by atoms with Gasteiger partial charge in [-0.1, -0.05) is 6.07 Å². The van der Waals surface area contributed by atoms with Gasteiger partial charge in [-0.3, -0.25) is 9.59 Å². The van der Waals surface area contributed by atoms with Gasteiger partial charge in [0, 0.05) is 25.8 Å². The molecule has 1 N–H and O–H groups in total. The largest absolute Gasteiger partial charge is 0.494 e. The fourth-order valence-electron chi connectivity index (χ4n) is 3.00. The maximum atomic E-state index is 12.7. The van der Waals surface area contributed by atoms with Gasteiger partial charge in [-0.25, -0.2) is 0 Å². The molecule has 1 saturated heterocycles. The summed E-state index contributed by atoms with van der Waals surface area (Å²) in [6.07, 6.45) is 1.16. The number of carbonyl (C=O) groups is 2. The molecule has 1 aromatic rings. The van der Waals surface area contributed by atoms with E-state index in [-0.39, 0.29) is 19.1 Å². The van der Waals surface area contributed by atoms with Gasteiger partial charge >= 0.3 is 5.97 Å². The van der Waals surface area contributed by atoms with Gasteiger partial charge in [0.15, 0.2) is 0 Å². The van der Waals surface area contributed by atoms with Crippen LogP contribution in [-0.4, -0.2) is 55.3 Å². The molecule has 6 nitrogen and oxygen atoms in total. The highest BCUT2D eigenvalue weighted by atomic mass is 16.5. The molecule has 0 saturated carbocycles. The van der Waals surface area contributed by atoms with E-state index >= 15 is 0 Å². The van der Waals surface area contributed by atoms with Crippen LogP contribution in [0, 0.1) is 5.41 Å². The Bertz CT molecular complexity index is 570. The van der Waals surface area contributed by atoms with E-state index in [1.807, 2.05) is 6.92 Å². The van der Waals surface area contributed by atoms with Crippen molar-refractivity contribution in [2.75, 3.05) is 33.4 Å². The van der Waals surface area contributed by atoms with Crippen molar-refractivity contribution in [1.29, 1.82) is 0 Å². The Hall–Kier alpha value is -2.08. The highest BCUT2D eigenvalue weighted by Gasteiger charge is 2.44. The van der Waals surface area contributed by atoms with Crippen molar-refractivity contribution in [3.8, 4) is 5.75 Å². The third-order valence-corrected chi connectivity index (χ3v) is 4.13. The minimum absolute atomic E-state index is 0.102. The summed E-state index contributed by atoms with van der Waals surface area (Å²) < 4.78 is 10.5. The second-order valence-corrected chi connectivity index (χ2v) is 5.81. The third-order valence-electron chi connectivity index (χ3n) is 4.13. The lowest BCUT2D eigenvalue weighted by Gasteiger charge is -2.39. The summed E-state index contributed by atoms with van der Waals surface area (Å²) in [5.41, 5.74) is -0.519. The Labute approximate surface area is 136 Å². The van der Waals surface area contributed by atoms with Crippen molar-refractivity contribution < 1.29 is 24.2 Å². The number of hydrogen-bond acceptors (Lipinski definition) is 4. The summed E-state index contributed by atoms with van der Waals surface area (Å²) in [6.45, 7) is 3.22. The molecule has 1 amide bonds. The molecule has 1 aliphatic rings. The first-order valence-electron chi connectivity index (χ1n) is 7.77. The van der Waals surface area contributed by atoms with Crippen LogP contribution in [0.15, 0.2) is 24.3 Å².